The Hall–Kier alpha value is -3.35. The zero-order valence-corrected chi connectivity index (χ0v) is 20.7. The summed E-state index contributed by atoms with van der Waals surface area (Å²) in [5.74, 6) is -0.0447. The number of amides is 4. The van der Waals surface area contributed by atoms with Crippen LogP contribution in [0.15, 0.2) is 39.7 Å². The van der Waals surface area contributed by atoms with E-state index < -0.39 is 12.1 Å². The number of nitrogens with zero attached hydrogens (tertiary/aromatic N) is 5. The van der Waals surface area contributed by atoms with Gasteiger partial charge in [-0.2, -0.15) is 10.2 Å². The molecule has 1 aromatic rings. The molecule has 3 saturated heterocycles. The number of benzene rings is 1. The minimum absolute atomic E-state index is 0.0788. The fraction of sp³-hybridized carbons (Fsp3) is 0.560. The van der Waals surface area contributed by atoms with E-state index in [4.69, 9.17) is 4.74 Å². The molecule has 1 unspecified atom stereocenters. The van der Waals surface area contributed by atoms with E-state index in [0.717, 1.165) is 50.3 Å². The lowest BCUT2D eigenvalue weighted by atomic mass is 9.89. The zero-order chi connectivity index (χ0) is 25.4. The van der Waals surface area contributed by atoms with E-state index >= 15 is 0 Å². The van der Waals surface area contributed by atoms with Crippen LogP contribution in [0.2, 0.25) is 0 Å². The topological polar surface area (TPSA) is 131 Å². The Morgan fingerprint density at radius 3 is 2.49 bits per heavy atom. The number of anilines is 1. The number of hydrogen-bond acceptors (Lipinski definition) is 8. The van der Waals surface area contributed by atoms with Crippen molar-refractivity contribution in [1.82, 2.24) is 25.6 Å². The number of urea groups is 2. The maximum atomic E-state index is 13.6. The number of piperidine rings is 1. The first-order chi connectivity index (χ1) is 18.1. The molecule has 12 heteroatoms. The number of Topliss-reactive ketones (excluding diaryl/α,β-unsaturated/α-hetero) is 1. The first-order valence-electron chi connectivity index (χ1n) is 13.1. The Kier molecular flexibility index (Phi) is 6.61. The number of piperazine rings is 1. The summed E-state index contributed by atoms with van der Waals surface area (Å²) >= 11 is 0. The number of rotatable bonds is 3. The van der Waals surface area contributed by atoms with Gasteiger partial charge in [-0.15, -0.1) is 0 Å². The Morgan fingerprint density at radius 2 is 1.73 bits per heavy atom. The first kappa shape index (κ1) is 24.0. The third-order valence-electron chi connectivity index (χ3n) is 7.75. The number of morpholine rings is 1. The molecule has 1 aromatic carbocycles. The number of carbonyl (C=O) groups excluding carboxylic acids is 3. The molecule has 0 saturated carbocycles. The fourth-order valence-corrected chi connectivity index (χ4v) is 5.79. The quantitative estimate of drug-likeness (QED) is 0.570. The summed E-state index contributed by atoms with van der Waals surface area (Å²) in [7, 11) is 0. The lowest BCUT2D eigenvalue weighted by molar-refractivity contribution is 0.0207. The molecule has 196 valence electrons. The second-order valence-electron chi connectivity index (χ2n) is 9.96. The van der Waals surface area contributed by atoms with E-state index in [1.165, 1.54) is 0 Å². The van der Waals surface area contributed by atoms with Gasteiger partial charge in [-0.3, -0.25) is 10.2 Å². The average molecular weight is 509 g/mol. The van der Waals surface area contributed by atoms with Crippen molar-refractivity contribution in [3.8, 4) is 0 Å². The summed E-state index contributed by atoms with van der Waals surface area (Å²) < 4.78 is 5.32. The highest BCUT2D eigenvalue weighted by Gasteiger charge is 2.44. The third kappa shape index (κ3) is 4.60. The Morgan fingerprint density at radius 1 is 1.00 bits per heavy atom. The molecule has 1 aliphatic carbocycles. The van der Waals surface area contributed by atoms with Gasteiger partial charge in [-0.25, -0.2) is 14.6 Å². The van der Waals surface area contributed by atoms with Gasteiger partial charge in [0.25, 0.3) is 0 Å². The van der Waals surface area contributed by atoms with Crippen LogP contribution in [0, 0.1) is 5.92 Å². The monoisotopic (exact) mass is 508 g/mol. The number of carbonyl (C=O) groups is 3. The molecule has 3 N–H and O–H groups in total. The summed E-state index contributed by atoms with van der Waals surface area (Å²) in [6, 6.07) is 4.73. The van der Waals surface area contributed by atoms with E-state index in [9.17, 15) is 14.4 Å². The predicted molar refractivity (Wildman–Crippen MR) is 134 cm³/mol. The number of hydrazine groups is 1. The Bertz CT molecular complexity index is 1150. The molecule has 37 heavy (non-hydrogen) atoms. The van der Waals surface area contributed by atoms with Gasteiger partial charge in [-0.1, -0.05) is 12.1 Å². The van der Waals surface area contributed by atoms with Gasteiger partial charge < -0.3 is 25.2 Å². The van der Waals surface area contributed by atoms with Crippen molar-refractivity contribution in [3.05, 3.63) is 40.6 Å². The zero-order valence-electron chi connectivity index (χ0n) is 20.7. The van der Waals surface area contributed by atoms with E-state index in [1.807, 2.05) is 21.9 Å². The highest BCUT2D eigenvalue weighted by atomic mass is 16.5. The van der Waals surface area contributed by atoms with Crippen molar-refractivity contribution in [2.24, 2.45) is 16.1 Å². The van der Waals surface area contributed by atoms with Crippen molar-refractivity contribution in [2.75, 3.05) is 70.9 Å². The van der Waals surface area contributed by atoms with Crippen LogP contribution in [0.25, 0.3) is 0 Å². The number of fused-ring (bicyclic) bond motifs is 3. The van der Waals surface area contributed by atoms with Crippen molar-refractivity contribution in [3.63, 3.8) is 0 Å². The maximum absolute atomic E-state index is 13.6. The number of hydrogen-bond donors (Lipinski definition) is 3. The molecule has 4 amide bonds. The van der Waals surface area contributed by atoms with Crippen LogP contribution in [0.3, 0.4) is 0 Å². The second kappa shape index (κ2) is 10.2. The van der Waals surface area contributed by atoms with Gasteiger partial charge in [0.2, 0.25) is 0 Å². The third-order valence-corrected chi connectivity index (χ3v) is 7.75. The Labute approximate surface area is 215 Å². The molecule has 4 aliphatic heterocycles. The number of allylic oxidation sites excluding steroid dienone is 1. The van der Waals surface area contributed by atoms with Crippen molar-refractivity contribution in [2.45, 2.75) is 18.9 Å². The molecular formula is C25H32N8O4. The van der Waals surface area contributed by atoms with Crippen LogP contribution in [0.4, 0.5) is 15.3 Å². The van der Waals surface area contributed by atoms with Gasteiger partial charge in [0, 0.05) is 58.3 Å². The number of nitrogens with one attached hydrogen (secondary N) is 3. The Balaban J connectivity index is 1.14. The van der Waals surface area contributed by atoms with Crippen molar-refractivity contribution < 1.29 is 19.1 Å². The summed E-state index contributed by atoms with van der Waals surface area (Å²) in [5.41, 5.74) is 5.91. The van der Waals surface area contributed by atoms with Crippen LogP contribution < -0.4 is 16.1 Å². The highest BCUT2D eigenvalue weighted by molar-refractivity contribution is 6.19. The van der Waals surface area contributed by atoms with Gasteiger partial charge in [0.1, 0.15) is 6.04 Å². The minimum atomic E-state index is -0.429. The standard InChI is InChI=1S/C25H32N8O4/c34-23-19-17(2-1-3-18(19)27-24(35)30-33-12-14-37-15-13-33)22-20(23)21(28-29-22)16-4-8-31(9-5-16)25(36)32-10-6-26-7-11-32/h1-3,16,22,26H,4-15H2,(H2,27,30,35). The molecule has 12 nitrogen and oxygen atoms in total. The lowest BCUT2D eigenvalue weighted by Gasteiger charge is -2.37. The molecule has 1 atom stereocenters. The van der Waals surface area contributed by atoms with Gasteiger partial charge in [0.05, 0.1) is 35.7 Å². The summed E-state index contributed by atoms with van der Waals surface area (Å²) in [6.07, 6.45) is 1.50. The number of likely N-dealkylation sites (tertiary alicyclic amines) is 1. The maximum Gasteiger partial charge on any atom is 0.333 e. The first-order valence-corrected chi connectivity index (χ1v) is 13.1. The van der Waals surface area contributed by atoms with Gasteiger partial charge in [-0.05, 0) is 24.5 Å². The summed E-state index contributed by atoms with van der Waals surface area (Å²) in [5, 5.41) is 16.9. The van der Waals surface area contributed by atoms with Gasteiger partial charge >= 0.3 is 12.1 Å². The van der Waals surface area contributed by atoms with E-state index in [1.54, 1.807) is 11.1 Å². The second-order valence-corrected chi connectivity index (χ2v) is 9.96. The predicted octanol–water partition coefficient (Wildman–Crippen LogP) is 1.75. The normalized spacial score (nSPS) is 24.3. The number of ketones is 1. The highest BCUT2D eigenvalue weighted by Crippen LogP contribution is 2.49. The smallest absolute Gasteiger partial charge is 0.333 e. The number of ether oxygens (including phenoxy) is 1. The van der Waals surface area contributed by atoms with E-state index in [2.05, 4.69) is 26.3 Å². The van der Waals surface area contributed by atoms with Crippen LogP contribution >= 0.6 is 0 Å². The fourth-order valence-electron chi connectivity index (χ4n) is 5.79. The molecule has 5 aliphatic rings. The van der Waals surface area contributed by atoms with E-state index in [-0.39, 0.29) is 17.7 Å². The number of azo groups is 1. The summed E-state index contributed by atoms with van der Waals surface area (Å²) in [4.78, 5) is 43.0. The lowest BCUT2D eigenvalue weighted by Crippen LogP contribution is -2.53. The van der Waals surface area contributed by atoms with Crippen LogP contribution in [0.5, 0.6) is 0 Å². The van der Waals surface area contributed by atoms with E-state index in [0.29, 0.717) is 56.2 Å². The molecular weight excluding hydrogens is 476 g/mol. The largest absolute Gasteiger partial charge is 0.379 e. The molecule has 3 fully saturated rings. The van der Waals surface area contributed by atoms with Crippen LogP contribution in [0.1, 0.15) is 34.8 Å². The minimum Gasteiger partial charge on any atom is -0.379 e. The SMILES string of the molecule is O=C(Nc1cccc2c1C(=O)C1=C(C3CCN(C(=O)N4CCNCC4)CC3)N=NC12)NN1CCOCC1. The average Bonchev–Trinajstić information content (AvgIpc) is 3.49. The summed E-state index contributed by atoms with van der Waals surface area (Å²) in [6.45, 7) is 6.74. The molecule has 0 spiro atoms. The molecule has 6 rings (SSSR count). The van der Waals surface area contributed by atoms with Crippen molar-refractivity contribution in [1.29, 1.82) is 0 Å². The van der Waals surface area contributed by atoms with Crippen molar-refractivity contribution >= 4 is 23.5 Å². The van der Waals surface area contributed by atoms with Crippen LogP contribution in [-0.4, -0.2) is 98.2 Å². The van der Waals surface area contributed by atoms with Crippen LogP contribution in [-0.2, 0) is 4.74 Å². The molecule has 4 heterocycles. The van der Waals surface area contributed by atoms with Gasteiger partial charge in [0.15, 0.2) is 5.78 Å². The molecule has 0 aromatic heterocycles. The molecule has 0 radical (unpaired) electrons. The molecule has 0 bridgehead atoms.